The third-order valence-electron chi connectivity index (χ3n) is 5.32. The van der Waals surface area contributed by atoms with Crippen LogP contribution in [0, 0.1) is 0 Å². The zero-order valence-electron chi connectivity index (χ0n) is 13.4. The van der Waals surface area contributed by atoms with Crippen molar-refractivity contribution in [3.8, 4) is 0 Å². The smallest absolute Gasteiger partial charge is 0.230 e. The van der Waals surface area contributed by atoms with Gasteiger partial charge in [0.15, 0.2) is 0 Å². The van der Waals surface area contributed by atoms with Crippen LogP contribution in [0.15, 0.2) is 30.3 Å². The van der Waals surface area contributed by atoms with Gasteiger partial charge >= 0.3 is 0 Å². The molecule has 2 fully saturated rings. The summed E-state index contributed by atoms with van der Waals surface area (Å²) < 4.78 is 0. The maximum atomic E-state index is 12.2. The summed E-state index contributed by atoms with van der Waals surface area (Å²) in [7, 11) is 0. The van der Waals surface area contributed by atoms with Gasteiger partial charge in [0.05, 0.1) is 5.75 Å². The number of benzene rings is 1. The van der Waals surface area contributed by atoms with E-state index < -0.39 is 0 Å². The number of thioether (sulfide) groups is 1. The van der Waals surface area contributed by atoms with Crippen molar-refractivity contribution in [1.82, 2.24) is 5.32 Å². The van der Waals surface area contributed by atoms with Crippen LogP contribution in [0.4, 0.5) is 0 Å². The Hall–Kier alpha value is -0.960. The molecule has 1 amide bonds. The fourth-order valence-corrected chi connectivity index (χ4v) is 4.86. The predicted octanol–water partition coefficient (Wildman–Crippen LogP) is 4.29. The molecule has 2 saturated carbocycles. The predicted molar refractivity (Wildman–Crippen MR) is 94.3 cm³/mol. The zero-order chi connectivity index (χ0) is 15.3. The lowest BCUT2D eigenvalue weighted by Crippen LogP contribution is -2.46. The summed E-state index contributed by atoms with van der Waals surface area (Å²) in [6.07, 6.45) is 10.3. The highest BCUT2D eigenvalue weighted by Crippen LogP contribution is 2.43. The molecule has 0 unspecified atom stereocenters. The summed E-state index contributed by atoms with van der Waals surface area (Å²) in [5, 5.41) is 3.92. The Balaban J connectivity index is 1.45. The SMILES string of the molecule is O=C(CSC1CCCCC1)NCC1(c2ccccc2)CCC1. The molecule has 0 heterocycles. The van der Waals surface area contributed by atoms with Crippen molar-refractivity contribution in [3.63, 3.8) is 0 Å². The molecule has 22 heavy (non-hydrogen) atoms. The molecule has 3 rings (SSSR count). The zero-order valence-corrected chi connectivity index (χ0v) is 14.2. The Kier molecular flexibility index (Phi) is 5.46. The van der Waals surface area contributed by atoms with Crippen LogP contribution in [-0.4, -0.2) is 23.5 Å². The fraction of sp³-hybridized carbons (Fsp3) is 0.632. The van der Waals surface area contributed by atoms with Gasteiger partial charge in [0.25, 0.3) is 0 Å². The fourth-order valence-electron chi connectivity index (χ4n) is 3.71. The normalized spacial score (nSPS) is 21.1. The van der Waals surface area contributed by atoms with E-state index in [4.69, 9.17) is 0 Å². The first-order valence-electron chi connectivity index (χ1n) is 8.72. The van der Waals surface area contributed by atoms with Gasteiger partial charge in [-0.25, -0.2) is 0 Å². The number of hydrogen-bond acceptors (Lipinski definition) is 2. The van der Waals surface area contributed by atoms with Gasteiger partial charge in [-0.1, -0.05) is 56.0 Å². The van der Waals surface area contributed by atoms with Crippen molar-refractivity contribution in [1.29, 1.82) is 0 Å². The van der Waals surface area contributed by atoms with E-state index in [-0.39, 0.29) is 11.3 Å². The second-order valence-electron chi connectivity index (χ2n) is 6.85. The highest BCUT2D eigenvalue weighted by atomic mass is 32.2. The Morgan fingerprint density at radius 1 is 1.09 bits per heavy atom. The Labute approximate surface area is 138 Å². The van der Waals surface area contributed by atoms with E-state index >= 15 is 0 Å². The number of hydrogen-bond donors (Lipinski definition) is 1. The minimum atomic E-state index is 0.201. The molecule has 1 aromatic rings. The van der Waals surface area contributed by atoms with Crippen LogP contribution in [0.2, 0.25) is 0 Å². The molecule has 0 aliphatic heterocycles. The summed E-state index contributed by atoms with van der Waals surface area (Å²) in [4.78, 5) is 12.2. The molecule has 120 valence electrons. The molecule has 0 aromatic heterocycles. The molecule has 1 N–H and O–H groups in total. The van der Waals surface area contributed by atoms with Crippen molar-refractivity contribution in [2.24, 2.45) is 0 Å². The molecule has 0 bridgehead atoms. The van der Waals surface area contributed by atoms with E-state index in [1.807, 2.05) is 11.8 Å². The molecule has 0 radical (unpaired) electrons. The minimum absolute atomic E-state index is 0.201. The Morgan fingerprint density at radius 3 is 2.45 bits per heavy atom. The van der Waals surface area contributed by atoms with Crippen LogP contribution < -0.4 is 5.32 Å². The third-order valence-corrected chi connectivity index (χ3v) is 6.69. The largest absolute Gasteiger partial charge is 0.354 e. The van der Waals surface area contributed by atoms with E-state index in [9.17, 15) is 4.79 Å². The van der Waals surface area contributed by atoms with Crippen LogP contribution in [0.3, 0.4) is 0 Å². The number of amides is 1. The molecular formula is C19H27NOS. The van der Waals surface area contributed by atoms with Gasteiger partial charge in [0.2, 0.25) is 5.91 Å². The average molecular weight is 317 g/mol. The topological polar surface area (TPSA) is 29.1 Å². The van der Waals surface area contributed by atoms with Gasteiger partial charge in [0, 0.05) is 17.2 Å². The van der Waals surface area contributed by atoms with Crippen molar-refractivity contribution in [2.45, 2.75) is 62.0 Å². The molecule has 1 aromatic carbocycles. The minimum Gasteiger partial charge on any atom is -0.354 e. The van der Waals surface area contributed by atoms with Gasteiger partial charge < -0.3 is 5.32 Å². The van der Waals surface area contributed by atoms with Crippen molar-refractivity contribution in [2.75, 3.05) is 12.3 Å². The Morgan fingerprint density at radius 2 is 1.82 bits per heavy atom. The second-order valence-corrected chi connectivity index (χ2v) is 8.14. The van der Waals surface area contributed by atoms with Gasteiger partial charge in [-0.3, -0.25) is 4.79 Å². The van der Waals surface area contributed by atoms with Gasteiger partial charge in [0.1, 0.15) is 0 Å². The molecular weight excluding hydrogens is 290 g/mol. The molecule has 0 atom stereocenters. The molecule has 2 nitrogen and oxygen atoms in total. The van der Waals surface area contributed by atoms with E-state index in [1.165, 1.54) is 56.9 Å². The second kappa shape index (κ2) is 7.54. The highest BCUT2D eigenvalue weighted by molar-refractivity contribution is 8.00. The first-order valence-corrected chi connectivity index (χ1v) is 9.77. The van der Waals surface area contributed by atoms with E-state index in [1.54, 1.807) is 0 Å². The molecule has 2 aliphatic rings. The Bertz CT molecular complexity index is 477. The number of carbonyl (C=O) groups excluding carboxylic acids is 1. The van der Waals surface area contributed by atoms with Crippen LogP contribution in [0.25, 0.3) is 0 Å². The summed E-state index contributed by atoms with van der Waals surface area (Å²) in [6.45, 7) is 0.807. The maximum absolute atomic E-state index is 12.2. The first kappa shape index (κ1) is 15.9. The van der Waals surface area contributed by atoms with Crippen molar-refractivity contribution in [3.05, 3.63) is 35.9 Å². The summed E-state index contributed by atoms with van der Waals surface area (Å²) in [5.41, 5.74) is 1.59. The van der Waals surface area contributed by atoms with Gasteiger partial charge in [-0.05, 0) is 31.2 Å². The van der Waals surface area contributed by atoms with Crippen LogP contribution >= 0.6 is 11.8 Å². The first-order chi connectivity index (χ1) is 10.8. The van der Waals surface area contributed by atoms with E-state index in [2.05, 4.69) is 35.6 Å². The molecule has 0 saturated heterocycles. The highest BCUT2D eigenvalue weighted by Gasteiger charge is 2.38. The van der Waals surface area contributed by atoms with Crippen molar-refractivity contribution >= 4 is 17.7 Å². The molecule has 0 spiro atoms. The van der Waals surface area contributed by atoms with E-state index in [0.717, 1.165) is 6.54 Å². The molecule has 2 aliphatic carbocycles. The van der Waals surface area contributed by atoms with Crippen LogP contribution in [0.5, 0.6) is 0 Å². The lowest BCUT2D eigenvalue weighted by atomic mass is 9.64. The molecule has 3 heteroatoms. The summed E-state index contributed by atoms with van der Waals surface area (Å²) >= 11 is 1.87. The number of rotatable bonds is 6. The maximum Gasteiger partial charge on any atom is 0.230 e. The average Bonchev–Trinajstić information content (AvgIpc) is 2.54. The quantitative estimate of drug-likeness (QED) is 0.848. The van der Waals surface area contributed by atoms with Gasteiger partial charge in [-0.15, -0.1) is 11.8 Å². The van der Waals surface area contributed by atoms with Crippen LogP contribution in [0.1, 0.15) is 56.9 Å². The number of nitrogens with one attached hydrogen (secondary N) is 1. The number of carbonyl (C=O) groups is 1. The lowest BCUT2D eigenvalue weighted by molar-refractivity contribution is -0.119. The van der Waals surface area contributed by atoms with E-state index in [0.29, 0.717) is 11.0 Å². The lowest BCUT2D eigenvalue weighted by Gasteiger charge is -2.42. The van der Waals surface area contributed by atoms with Crippen molar-refractivity contribution < 1.29 is 4.79 Å². The van der Waals surface area contributed by atoms with Crippen LogP contribution in [-0.2, 0) is 10.2 Å². The summed E-state index contributed by atoms with van der Waals surface area (Å²) in [5.74, 6) is 0.855. The monoisotopic (exact) mass is 317 g/mol. The third kappa shape index (κ3) is 3.87. The summed E-state index contributed by atoms with van der Waals surface area (Å²) in [6, 6.07) is 10.7. The standard InChI is InChI=1S/C19H27NOS/c21-18(14-22-17-10-5-2-6-11-17)20-15-19(12-7-13-19)16-8-3-1-4-9-16/h1,3-4,8-9,17H,2,5-7,10-15H2,(H,20,21). The van der Waals surface area contributed by atoms with Gasteiger partial charge in [-0.2, -0.15) is 0 Å².